The van der Waals surface area contributed by atoms with Gasteiger partial charge < -0.3 is 15.1 Å². The standard InChI is InChI=1S/C14H18FNO3/c1-14(19)5-2-7-16(8-6-14)13(18)11-4-3-10(17)9-12(11)15/h3-4,9,17,19H,2,5-8H2,1H3. The lowest BCUT2D eigenvalue weighted by molar-refractivity contribution is 0.0437. The molecule has 4 nitrogen and oxygen atoms in total. The highest BCUT2D eigenvalue weighted by atomic mass is 19.1. The number of likely N-dealkylation sites (tertiary alicyclic amines) is 1. The van der Waals surface area contributed by atoms with E-state index in [-0.39, 0.29) is 11.3 Å². The van der Waals surface area contributed by atoms with Crippen LogP contribution in [0.3, 0.4) is 0 Å². The highest BCUT2D eigenvalue weighted by molar-refractivity contribution is 5.94. The first-order valence-corrected chi connectivity index (χ1v) is 6.39. The van der Waals surface area contributed by atoms with E-state index in [4.69, 9.17) is 5.11 Å². The van der Waals surface area contributed by atoms with E-state index in [2.05, 4.69) is 0 Å². The maximum atomic E-state index is 13.7. The molecule has 1 aromatic carbocycles. The van der Waals surface area contributed by atoms with E-state index in [1.165, 1.54) is 12.1 Å². The van der Waals surface area contributed by atoms with Gasteiger partial charge in [0.15, 0.2) is 0 Å². The van der Waals surface area contributed by atoms with Crippen LogP contribution in [0.1, 0.15) is 36.5 Å². The zero-order chi connectivity index (χ0) is 14.0. The van der Waals surface area contributed by atoms with Gasteiger partial charge >= 0.3 is 0 Å². The molecule has 0 aromatic heterocycles. The summed E-state index contributed by atoms with van der Waals surface area (Å²) in [6.07, 6.45) is 1.81. The number of nitrogens with zero attached hydrogens (tertiary/aromatic N) is 1. The Hall–Kier alpha value is -1.62. The van der Waals surface area contributed by atoms with Crippen LogP contribution in [0.5, 0.6) is 5.75 Å². The number of benzene rings is 1. The van der Waals surface area contributed by atoms with Gasteiger partial charge in [0.05, 0.1) is 11.2 Å². The van der Waals surface area contributed by atoms with E-state index in [9.17, 15) is 14.3 Å². The molecule has 1 heterocycles. The summed E-state index contributed by atoms with van der Waals surface area (Å²) in [5.41, 5.74) is -0.804. The summed E-state index contributed by atoms with van der Waals surface area (Å²) < 4.78 is 13.7. The lowest BCUT2D eigenvalue weighted by atomic mass is 9.98. The number of hydrogen-bond donors (Lipinski definition) is 2. The molecule has 0 radical (unpaired) electrons. The van der Waals surface area contributed by atoms with Gasteiger partial charge in [-0.3, -0.25) is 4.79 Å². The van der Waals surface area contributed by atoms with Gasteiger partial charge in [0.2, 0.25) is 0 Å². The molecular weight excluding hydrogens is 249 g/mol. The number of carbonyl (C=O) groups excluding carboxylic acids is 1. The van der Waals surface area contributed by atoms with Crippen LogP contribution in [0.2, 0.25) is 0 Å². The van der Waals surface area contributed by atoms with Gasteiger partial charge in [0.1, 0.15) is 11.6 Å². The van der Waals surface area contributed by atoms with Gasteiger partial charge in [-0.1, -0.05) is 0 Å². The third kappa shape index (κ3) is 3.23. The second-order valence-electron chi connectivity index (χ2n) is 5.31. The van der Waals surface area contributed by atoms with Gasteiger partial charge in [-0.15, -0.1) is 0 Å². The Bertz CT molecular complexity index is 488. The molecule has 1 fully saturated rings. The fraction of sp³-hybridized carbons (Fsp3) is 0.500. The van der Waals surface area contributed by atoms with Crippen molar-refractivity contribution in [1.29, 1.82) is 0 Å². The third-order valence-corrected chi connectivity index (χ3v) is 3.53. The second kappa shape index (κ2) is 5.17. The van der Waals surface area contributed by atoms with E-state index < -0.39 is 17.3 Å². The molecule has 1 aliphatic heterocycles. The van der Waals surface area contributed by atoms with Crippen molar-refractivity contribution in [2.24, 2.45) is 0 Å². The zero-order valence-corrected chi connectivity index (χ0v) is 10.9. The summed E-state index contributed by atoms with van der Waals surface area (Å²) >= 11 is 0. The Morgan fingerprint density at radius 1 is 1.37 bits per heavy atom. The van der Waals surface area contributed by atoms with E-state index in [0.717, 1.165) is 6.07 Å². The molecule has 1 aliphatic rings. The predicted molar refractivity (Wildman–Crippen MR) is 68.4 cm³/mol. The average Bonchev–Trinajstić information content (AvgIpc) is 2.49. The Balaban J connectivity index is 2.15. The zero-order valence-electron chi connectivity index (χ0n) is 10.9. The predicted octanol–water partition coefficient (Wildman–Crippen LogP) is 1.91. The van der Waals surface area contributed by atoms with Crippen molar-refractivity contribution in [3.05, 3.63) is 29.6 Å². The molecule has 1 saturated heterocycles. The second-order valence-corrected chi connectivity index (χ2v) is 5.31. The lowest BCUT2D eigenvalue weighted by Crippen LogP contribution is -2.34. The normalized spacial score (nSPS) is 24.1. The molecule has 0 spiro atoms. The lowest BCUT2D eigenvalue weighted by Gasteiger charge is -2.22. The minimum Gasteiger partial charge on any atom is -0.508 e. The van der Waals surface area contributed by atoms with Crippen LogP contribution in [0, 0.1) is 5.82 Å². The van der Waals surface area contributed by atoms with Crippen molar-refractivity contribution in [1.82, 2.24) is 4.90 Å². The molecule has 104 valence electrons. The molecule has 2 N–H and O–H groups in total. The van der Waals surface area contributed by atoms with Crippen LogP contribution in [0.4, 0.5) is 4.39 Å². The number of phenolic OH excluding ortho intramolecular Hbond substituents is 1. The monoisotopic (exact) mass is 267 g/mol. The van der Waals surface area contributed by atoms with E-state index in [0.29, 0.717) is 32.4 Å². The number of aliphatic hydroxyl groups is 1. The molecule has 1 unspecified atom stereocenters. The Labute approximate surface area is 111 Å². The summed E-state index contributed by atoms with van der Waals surface area (Å²) in [7, 11) is 0. The van der Waals surface area contributed by atoms with Crippen molar-refractivity contribution in [2.75, 3.05) is 13.1 Å². The first-order chi connectivity index (χ1) is 8.89. The fourth-order valence-electron chi connectivity index (χ4n) is 2.31. The Morgan fingerprint density at radius 2 is 2.11 bits per heavy atom. The summed E-state index contributed by atoms with van der Waals surface area (Å²) in [6, 6.07) is 3.52. The largest absolute Gasteiger partial charge is 0.508 e. The fourth-order valence-corrected chi connectivity index (χ4v) is 2.31. The van der Waals surface area contributed by atoms with Crippen LogP contribution < -0.4 is 0 Å². The van der Waals surface area contributed by atoms with Crippen molar-refractivity contribution < 1.29 is 19.4 Å². The number of phenols is 1. The van der Waals surface area contributed by atoms with Crippen molar-refractivity contribution >= 4 is 5.91 Å². The number of hydrogen-bond acceptors (Lipinski definition) is 3. The molecule has 19 heavy (non-hydrogen) atoms. The third-order valence-electron chi connectivity index (χ3n) is 3.53. The van der Waals surface area contributed by atoms with Crippen molar-refractivity contribution in [3.63, 3.8) is 0 Å². The number of halogens is 1. The summed E-state index contributed by atoms with van der Waals surface area (Å²) in [5, 5.41) is 19.1. The molecule has 0 bridgehead atoms. The smallest absolute Gasteiger partial charge is 0.256 e. The first kappa shape index (κ1) is 13.8. The van der Waals surface area contributed by atoms with Gasteiger partial charge in [0.25, 0.3) is 5.91 Å². The summed E-state index contributed by atoms with van der Waals surface area (Å²) in [6.45, 7) is 2.67. The number of rotatable bonds is 1. The Morgan fingerprint density at radius 3 is 2.79 bits per heavy atom. The van der Waals surface area contributed by atoms with Gasteiger partial charge in [0, 0.05) is 19.2 Å². The van der Waals surface area contributed by atoms with Crippen LogP contribution in [-0.2, 0) is 0 Å². The van der Waals surface area contributed by atoms with E-state index >= 15 is 0 Å². The van der Waals surface area contributed by atoms with Crippen molar-refractivity contribution in [2.45, 2.75) is 31.8 Å². The first-order valence-electron chi connectivity index (χ1n) is 6.39. The molecule has 0 saturated carbocycles. The minimum absolute atomic E-state index is 0.0423. The number of amides is 1. The van der Waals surface area contributed by atoms with E-state index in [1.807, 2.05) is 0 Å². The summed E-state index contributed by atoms with van der Waals surface area (Å²) in [4.78, 5) is 13.8. The Kier molecular flexibility index (Phi) is 3.75. The highest BCUT2D eigenvalue weighted by Gasteiger charge is 2.28. The topological polar surface area (TPSA) is 60.8 Å². The van der Waals surface area contributed by atoms with Gasteiger partial charge in [-0.25, -0.2) is 4.39 Å². The molecule has 2 rings (SSSR count). The van der Waals surface area contributed by atoms with Gasteiger partial charge in [-0.05, 0) is 38.3 Å². The molecule has 5 heteroatoms. The van der Waals surface area contributed by atoms with E-state index in [1.54, 1.807) is 11.8 Å². The van der Waals surface area contributed by atoms with Gasteiger partial charge in [-0.2, -0.15) is 0 Å². The quantitative estimate of drug-likeness (QED) is 0.817. The highest BCUT2D eigenvalue weighted by Crippen LogP contribution is 2.23. The molecule has 1 aromatic rings. The van der Waals surface area contributed by atoms with Crippen LogP contribution >= 0.6 is 0 Å². The maximum absolute atomic E-state index is 13.7. The summed E-state index contributed by atoms with van der Waals surface area (Å²) in [5.74, 6) is -1.32. The van der Waals surface area contributed by atoms with Crippen LogP contribution in [0.25, 0.3) is 0 Å². The number of carbonyl (C=O) groups is 1. The molecule has 1 atom stereocenters. The molecule has 1 amide bonds. The van der Waals surface area contributed by atoms with Crippen molar-refractivity contribution in [3.8, 4) is 5.75 Å². The van der Waals surface area contributed by atoms with Crippen LogP contribution in [0.15, 0.2) is 18.2 Å². The maximum Gasteiger partial charge on any atom is 0.256 e. The molecule has 0 aliphatic carbocycles. The SMILES string of the molecule is CC1(O)CCCN(C(=O)c2ccc(O)cc2F)CC1. The average molecular weight is 267 g/mol. The molecular formula is C14H18FNO3. The minimum atomic E-state index is -0.761. The van der Waals surface area contributed by atoms with Crippen LogP contribution in [-0.4, -0.2) is 39.7 Å². The number of aromatic hydroxyl groups is 1.